The van der Waals surface area contributed by atoms with Gasteiger partial charge in [-0.25, -0.2) is 17.2 Å². The van der Waals surface area contributed by atoms with Crippen LogP contribution in [0.15, 0.2) is 76.5 Å². The number of nitrogens with one attached hydrogen (secondary N) is 1. The van der Waals surface area contributed by atoms with E-state index in [1.807, 2.05) is 6.26 Å². The summed E-state index contributed by atoms with van der Waals surface area (Å²) in [5, 5.41) is 2.30. The van der Waals surface area contributed by atoms with Crippen molar-refractivity contribution >= 4 is 39.1 Å². The van der Waals surface area contributed by atoms with Gasteiger partial charge in [0.25, 0.3) is 10.0 Å². The second-order valence-corrected chi connectivity index (χ2v) is 9.50. The molecular formula is C23H22F2N2O4S2. The summed E-state index contributed by atoms with van der Waals surface area (Å²) in [7, 11) is -4.19. The molecule has 10 heteroatoms. The van der Waals surface area contributed by atoms with Gasteiger partial charge in [-0.05, 0) is 61.7 Å². The molecule has 0 aromatic heterocycles. The first-order valence-electron chi connectivity index (χ1n) is 9.89. The minimum Gasteiger partial charge on any atom is -0.492 e. The average molecular weight is 493 g/mol. The van der Waals surface area contributed by atoms with Crippen LogP contribution >= 0.6 is 11.8 Å². The zero-order valence-electron chi connectivity index (χ0n) is 17.9. The predicted molar refractivity (Wildman–Crippen MR) is 125 cm³/mol. The third kappa shape index (κ3) is 5.82. The lowest BCUT2D eigenvalue weighted by Gasteiger charge is -2.26. The lowest BCUT2D eigenvalue weighted by Crippen LogP contribution is -2.38. The number of para-hydroxylation sites is 2. The molecule has 0 bridgehead atoms. The van der Waals surface area contributed by atoms with Crippen LogP contribution in [0.5, 0.6) is 5.75 Å². The minimum absolute atomic E-state index is 0.0210. The molecule has 1 amide bonds. The highest BCUT2D eigenvalue weighted by Crippen LogP contribution is 2.33. The summed E-state index contributed by atoms with van der Waals surface area (Å²) in [5.74, 6) is -2.31. The molecule has 0 spiro atoms. The van der Waals surface area contributed by atoms with Crippen molar-refractivity contribution in [3.05, 3.63) is 78.4 Å². The Hall–Kier alpha value is -3.11. The maximum absolute atomic E-state index is 14.0. The van der Waals surface area contributed by atoms with E-state index in [1.165, 1.54) is 30.0 Å². The lowest BCUT2D eigenvalue weighted by molar-refractivity contribution is -0.114. The van der Waals surface area contributed by atoms with Crippen molar-refractivity contribution in [3.8, 4) is 5.75 Å². The first kappa shape index (κ1) is 24.5. The molecule has 0 unspecified atom stereocenters. The summed E-state index contributed by atoms with van der Waals surface area (Å²) in [4.78, 5) is 13.6. The Kier molecular flexibility index (Phi) is 7.93. The van der Waals surface area contributed by atoms with E-state index in [-0.39, 0.29) is 28.6 Å². The lowest BCUT2D eigenvalue weighted by atomic mass is 10.2. The smallest absolute Gasteiger partial charge is 0.264 e. The molecule has 3 aromatic rings. The van der Waals surface area contributed by atoms with Gasteiger partial charge in [0, 0.05) is 11.0 Å². The highest BCUT2D eigenvalue weighted by molar-refractivity contribution is 7.98. The van der Waals surface area contributed by atoms with Gasteiger partial charge in [0.15, 0.2) is 0 Å². The number of carbonyl (C=O) groups excluding carboxylic acids is 1. The zero-order valence-corrected chi connectivity index (χ0v) is 19.6. The van der Waals surface area contributed by atoms with Crippen molar-refractivity contribution in [1.82, 2.24) is 0 Å². The number of sulfonamides is 1. The number of benzene rings is 3. The number of ether oxygens (including phenoxy) is 1. The van der Waals surface area contributed by atoms with Gasteiger partial charge in [-0.2, -0.15) is 0 Å². The van der Waals surface area contributed by atoms with E-state index in [1.54, 1.807) is 37.3 Å². The van der Waals surface area contributed by atoms with Gasteiger partial charge in [0.05, 0.1) is 22.9 Å². The monoisotopic (exact) mass is 492 g/mol. The number of amides is 1. The molecule has 6 nitrogen and oxygen atoms in total. The van der Waals surface area contributed by atoms with Gasteiger partial charge in [-0.3, -0.25) is 9.10 Å². The van der Waals surface area contributed by atoms with E-state index in [0.29, 0.717) is 6.07 Å². The number of anilines is 2. The SMILES string of the molecule is CCOc1ccccc1N(CC(=O)Nc1ccc(F)cc1F)S(=O)(=O)c1ccc(SC)cc1. The van der Waals surface area contributed by atoms with Crippen LogP contribution < -0.4 is 14.4 Å². The van der Waals surface area contributed by atoms with Gasteiger partial charge in [0.2, 0.25) is 5.91 Å². The highest BCUT2D eigenvalue weighted by atomic mass is 32.2. The number of rotatable bonds is 9. The van der Waals surface area contributed by atoms with Crippen molar-refractivity contribution < 1.29 is 26.7 Å². The Bertz CT molecular complexity index is 1240. The molecule has 3 aromatic carbocycles. The number of hydrogen-bond donors (Lipinski definition) is 1. The Balaban J connectivity index is 2.00. The standard InChI is InChI=1S/C23H22F2N2O4S2/c1-3-31-22-7-5-4-6-21(22)27(33(29,30)18-11-9-17(32-2)10-12-18)15-23(28)26-20-13-8-16(24)14-19(20)25/h4-14H,3,15H2,1-2H3,(H,26,28). The quantitative estimate of drug-likeness (QED) is 0.429. The number of nitrogens with zero attached hydrogens (tertiary/aromatic N) is 1. The second-order valence-electron chi connectivity index (χ2n) is 6.76. The van der Waals surface area contributed by atoms with Gasteiger partial charge in [-0.1, -0.05) is 12.1 Å². The topological polar surface area (TPSA) is 75.7 Å². The van der Waals surface area contributed by atoms with Crippen molar-refractivity contribution in [2.75, 3.05) is 29.0 Å². The molecule has 0 atom stereocenters. The third-order valence-corrected chi connectivity index (χ3v) is 7.09. The number of thioether (sulfide) groups is 1. The third-order valence-electron chi connectivity index (χ3n) is 4.57. The minimum atomic E-state index is -4.19. The molecule has 174 valence electrons. The van der Waals surface area contributed by atoms with Gasteiger partial charge in [0.1, 0.15) is 23.9 Å². The Morgan fingerprint density at radius 3 is 2.39 bits per heavy atom. The number of carbonyl (C=O) groups is 1. The molecule has 33 heavy (non-hydrogen) atoms. The van der Waals surface area contributed by atoms with Crippen molar-refractivity contribution in [2.45, 2.75) is 16.7 Å². The van der Waals surface area contributed by atoms with Crippen LogP contribution in [0, 0.1) is 11.6 Å². The molecule has 0 fully saturated rings. The predicted octanol–water partition coefficient (Wildman–Crippen LogP) is 4.92. The zero-order chi connectivity index (χ0) is 24.0. The molecule has 0 heterocycles. The summed E-state index contributed by atoms with van der Waals surface area (Å²) in [6.45, 7) is 1.37. The molecule has 0 saturated carbocycles. The Labute approximate surface area is 195 Å². The summed E-state index contributed by atoms with van der Waals surface area (Å²) in [6.07, 6.45) is 1.87. The van der Waals surface area contributed by atoms with Gasteiger partial charge >= 0.3 is 0 Å². The molecular weight excluding hydrogens is 470 g/mol. The van der Waals surface area contributed by atoms with Crippen molar-refractivity contribution in [1.29, 1.82) is 0 Å². The fourth-order valence-corrected chi connectivity index (χ4v) is 4.87. The van der Waals surface area contributed by atoms with E-state index < -0.39 is 34.1 Å². The molecule has 0 aliphatic carbocycles. The molecule has 1 N–H and O–H groups in total. The van der Waals surface area contributed by atoms with E-state index in [2.05, 4.69) is 5.32 Å². The molecule has 0 saturated heterocycles. The van der Waals surface area contributed by atoms with Crippen LogP contribution in [0.25, 0.3) is 0 Å². The van der Waals surface area contributed by atoms with Crippen LogP contribution in [0.2, 0.25) is 0 Å². The van der Waals surface area contributed by atoms with E-state index >= 15 is 0 Å². The van der Waals surface area contributed by atoms with E-state index in [9.17, 15) is 22.0 Å². The summed E-state index contributed by atoms with van der Waals surface area (Å²) < 4.78 is 60.8. The van der Waals surface area contributed by atoms with Crippen LogP contribution in [0.3, 0.4) is 0 Å². The Morgan fingerprint density at radius 1 is 1.06 bits per heavy atom. The van der Waals surface area contributed by atoms with Crippen LogP contribution in [-0.4, -0.2) is 33.7 Å². The van der Waals surface area contributed by atoms with E-state index in [0.717, 1.165) is 21.3 Å². The summed E-state index contributed by atoms with van der Waals surface area (Å²) in [5.41, 5.74) is -0.107. The molecule has 3 rings (SSSR count). The van der Waals surface area contributed by atoms with Crippen LogP contribution in [-0.2, 0) is 14.8 Å². The summed E-state index contributed by atoms with van der Waals surface area (Å²) in [6, 6.07) is 15.3. The number of hydrogen-bond acceptors (Lipinski definition) is 5. The van der Waals surface area contributed by atoms with Crippen molar-refractivity contribution in [2.24, 2.45) is 0 Å². The average Bonchev–Trinajstić information content (AvgIpc) is 2.80. The number of halogens is 2. The van der Waals surface area contributed by atoms with Crippen LogP contribution in [0.4, 0.5) is 20.2 Å². The molecule has 0 aliphatic rings. The first-order valence-corrected chi connectivity index (χ1v) is 12.6. The fourth-order valence-electron chi connectivity index (χ4n) is 3.03. The summed E-state index contributed by atoms with van der Waals surface area (Å²) >= 11 is 1.46. The van der Waals surface area contributed by atoms with Crippen LogP contribution in [0.1, 0.15) is 6.92 Å². The maximum Gasteiger partial charge on any atom is 0.264 e. The first-order chi connectivity index (χ1) is 15.8. The van der Waals surface area contributed by atoms with E-state index in [4.69, 9.17) is 4.74 Å². The maximum atomic E-state index is 14.0. The molecule has 0 aliphatic heterocycles. The molecule has 0 radical (unpaired) electrons. The van der Waals surface area contributed by atoms with Gasteiger partial charge < -0.3 is 10.1 Å². The second kappa shape index (κ2) is 10.7. The fraction of sp³-hybridized carbons (Fsp3) is 0.174. The highest BCUT2D eigenvalue weighted by Gasteiger charge is 2.29. The largest absolute Gasteiger partial charge is 0.492 e. The normalized spacial score (nSPS) is 11.2. The van der Waals surface area contributed by atoms with Gasteiger partial charge in [-0.15, -0.1) is 11.8 Å². The Morgan fingerprint density at radius 2 is 1.76 bits per heavy atom. The van der Waals surface area contributed by atoms with Crippen molar-refractivity contribution in [3.63, 3.8) is 0 Å².